The van der Waals surface area contributed by atoms with E-state index >= 15 is 0 Å². The minimum atomic E-state index is -5.33. The summed E-state index contributed by atoms with van der Waals surface area (Å²) in [5, 5.41) is 253. The number of aliphatic hydroxyl groups is 24. The predicted molar refractivity (Wildman–Crippen MR) is 205 cm³/mol. The third-order valence-corrected chi connectivity index (χ3v) is 10.8. The number of hydrogen-bond donors (Lipinski definition) is 24. The molecule has 0 heterocycles. The molecular formula is C36H70BaO28. The summed E-state index contributed by atoms with van der Waals surface area (Å²) >= 11 is 0. The zero-order valence-electron chi connectivity index (χ0n) is 36.2. The first-order valence-corrected chi connectivity index (χ1v) is 20.3. The Labute approximate surface area is 412 Å². The number of carboxylic acids is 2. The molecule has 0 aromatic carbocycles. The standard InChI is InChI=1S/2C18H36O14.Ba/c2*1-2-3-4-5-6-7-8-9-10-11-13(21,22)15(25,26)17(29,30)18(31,32)16(27,28)14(23,24)12(19)20;/h2*21-32H,2-11H2,1H3,(H,19,20);/q;;+2/p-2. The maximum atomic E-state index is 10.6. The molecule has 0 amide bonds. The van der Waals surface area contributed by atoms with Crippen LogP contribution in [-0.4, -0.2) is 253 Å². The van der Waals surface area contributed by atoms with Gasteiger partial charge in [-0.25, -0.2) is 0 Å². The molecule has 29 heteroatoms. The molecule has 0 aromatic rings. The predicted octanol–water partition coefficient (Wildman–Crippen LogP) is -10.9. The molecule has 0 unspecified atom stereocenters. The molecule has 24 N–H and O–H groups in total. The number of carbonyl (C=O) groups is 2. The van der Waals surface area contributed by atoms with Gasteiger partial charge in [0.1, 0.15) is 11.9 Å². The summed E-state index contributed by atoms with van der Waals surface area (Å²) < 4.78 is 0. The molecule has 0 saturated heterocycles. The van der Waals surface area contributed by atoms with Gasteiger partial charge in [-0.3, -0.25) is 0 Å². The van der Waals surface area contributed by atoms with E-state index in [2.05, 4.69) is 13.8 Å². The fourth-order valence-electron chi connectivity index (χ4n) is 6.01. The van der Waals surface area contributed by atoms with Crippen molar-refractivity contribution < 1.29 is 142 Å². The van der Waals surface area contributed by atoms with Gasteiger partial charge in [0, 0.05) is 12.8 Å². The number of aliphatic carboxylic acids is 2. The van der Waals surface area contributed by atoms with E-state index in [4.69, 9.17) is 20.4 Å². The van der Waals surface area contributed by atoms with E-state index in [0.717, 1.165) is 77.0 Å². The average molecular weight is 1090 g/mol. The molecule has 65 heavy (non-hydrogen) atoms. The van der Waals surface area contributed by atoms with Gasteiger partial charge in [-0.05, 0) is 12.8 Å². The van der Waals surface area contributed by atoms with Crippen LogP contribution < -0.4 is 10.2 Å². The molecule has 0 atom stereocenters. The van der Waals surface area contributed by atoms with Crippen LogP contribution in [0.25, 0.3) is 0 Å². The number of carbonyl (C=O) groups excluding carboxylic acids is 2. The maximum absolute atomic E-state index is 10.6. The second kappa shape index (κ2) is 26.1. The van der Waals surface area contributed by atoms with Crippen molar-refractivity contribution in [1.82, 2.24) is 0 Å². The van der Waals surface area contributed by atoms with E-state index in [1.165, 1.54) is 0 Å². The van der Waals surface area contributed by atoms with E-state index in [-0.39, 0.29) is 61.7 Å². The molecule has 0 aliphatic carbocycles. The molecule has 0 bridgehead atoms. The Hall–Kier alpha value is -0.449. The number of hydrogen-bond acceptors (Lipinski definition) is 28. The zero-order chi connectivity index (χ0) is 51.3. The number of rotatable bonds is 32. The van der Waals surface area contributed by atoms with Gasteiger partial charge in [-0.15, -0.1) is 0 Å². The number of unbranched alkanes of at least 4 members (excludes halogenated alkanes) is 16. The van der Waals surface area contributed by atoms with Crippen LogP contribution in [-0.2, 0) is 9.59 Å². The second-order valence-electron chi connectivity index (χ2n) is 16.1. The largest absolute Gasteiger partial charge is 2.00 e. The van der Waals surface area contributed by atoms with Gasteiger partial charge in [0.2, 0.25) is 11.6 Å². The first-order chi connectivity index (χ1) is 28.5. The molecule has 0 radical (unpaired) electrons. The van der Waals surface area contributed by atoms with Crippen LogP contribution in [0.3, 0.4) is 0 Å². The molecule has 384 valence electrons. The van der Waals surface area contributed by atoms with Crippen molar-refractivity contribution in [3.63, 3.8) is 0 Å². The molecule has 0 aliphatic rings. The van der Waals surface area contributed by atoms with Gasteiger partial charge >= 0.3 is 48.9 Å². The topological polar surface area (TPSA) is 566 Å². The minimum Gasteiger partial charge on any atom is -0.544 e. The normalized spacial score (nSPS) is 14.4. The van der Waals surface area contributed by atoms with Crippen LogP contribution in [0.4, 0.5) is 0 Å². The van der Waals surface area contributed by atoms with Crippen LogP contribution in [0, 0.1) is 0 Å². The molecule has 0 saturated carbocycles. The molecule has 0 fully saturated rings. The Morgan fingerprint density at radius 1 is 0.292 bits per heavy atom. The Balaban J connectivity index is -0.00000116. The first-order valence-electron chi connectivity index (χ1n) is 20.3. The fourth-order valence-corrected chi connectivity index (χ4v) is 6.01. The van der Waals surface area contributed by atoms with E-state index in [9.17, 15) is 122 Å². The Morgan fingerprint density at radius 3 is 0.646 bits per heavy atom. The van der Waals surface area contributed by atoms with Gasteiger partial charge in [-0.1, -0.05) is 117 Å². The first kappa shape index (κ1) is 68.8. The Morgan fingerprint density at radius 2 is 0.462 bits per heavy atom. The van der Waals surface area contributed by atoms with E-state index in [1.807, 2.05) is 0 Å². The van der Waals surface area contributed by atoms with Gasteiger partial charge in [0.05, 0.1) is 0 Å². The average Bonchev–Trinajstić information content (AvgIpc) is 3.15. The molecular weight excluding hydrogens is 1020 g/mol. The van der Waals surface area contributed by atoms with Gasteiger partial charge in [0.15, 0.2) is 0 Å². The van der Waals surface area contributed by atoms with Crippen LogP contribution in [0.15, 0.2) is 0 Å². The van der Waals surface area contributed by atoms with E-state index in [0.29, 0.717) is 25.7 Å². The molecule has 0 rings (SSSR count). The Kier molecular flexibility index (Phi) is 27.7. The summed E-state index contributed by atoms with van der Waals surface area (Å²) in [5.41, 5.74) is 0. The van der Waals surface area contributed by atoms with E-state index < -0.39 is 94.2 Å². The summed E-state index contributed by atoms with van der Waals surface area (Å²) in [6.07, 6.45) is 11.4. The van der Waals surface area contributed by atoms with Crippen molar-refractivity contribution in [2.75, 3.05) is 0 Å². The van der Waals surface area contributed by atoms with Crippen LogP contribution >= 0.6 is 0 Å². The summed E-state index contributed by atoms with van der Waals surface area (Å²) in [6.45, 7) is 4.13. The maximum Gasteiger partial charge on any atom is 2.00 e. The minimum absolute atomic E-state index is 0. The molecule has 0 aromatic heterocycles. The van der Waals surface area contributed by atoms with Crippen molar-refractivity contribution in [2.45, 2.75) is 212 Å². The van der Waals surface area contributed by atoms with Gasteiger partial charge in [-0.2, -0.15) is 0 Å². The summed E-state index contributed by atoms with van der Waals surface area (Å²) in [4.78, 5) is 21.3. The smallest absolute Gasteiger partial charge is 0.544 e. The van der Waals surface area contributed by atoms with Gasteiger partial charge in [0.25, 0.3) is 57.9 Å². The summed E-state index contributed by atoms with van der Waals surface area (Å²) in [6, 6.07) is 0. The summed E-state index contributed by atoms with van der Waals surface area (Å²) in [5.74, 6) is -65.5. The van der Waals surface area contributed by atoms with E-state index in [1.54, 1.807) is 0 Å². The van der Waals surface area contributed by atoms with Crippen molar-refractivity contribution in [3.8, 4) is 0 Å². The zero-order valence-corrected chi connectivity index (χ0v) is 40.7. The SMILES string of the molecule is CCCCCCCCCCCC(O)(O)C(O)(O)C(O)(O)C(O)(O)C(O)(O)C(O)(O)C(=O)[O-].CCCCCCCCCCCC(O)(O)C(O)(O)C(O)(O)C(O)(O)C(O)(O)C(O)(O)C(=O)[O-].[Ba+2]. The van der Waals surface area contributed by atoms with Gasteiger partial charge < -0.3 is 142 Å². The molecule has 0 spiro atoms. The third kappa shape index (κ3) is 15.3. The van der Waals surface area contributed by atoms with Crippen LogP contribution in [0.2, 0.25) is 0 Å². The quantitative estimate of drug-likeness (QED) is 0.0169. The summed E-state index contributed by atoms with van der Waals surface area (Å²) in [7, 11) is 0. The second-order valence-corrected chi connectivity index (χ2v) is 16.1. The van der Waals surface area contributed by atoms with Crippen molar-refractivity contribution in [1.29, 1.82) is 0 Å². The Bertz CT molecular complexity index is 1300. The van der Waals surface area contributed by atoms with Crippen LogP contribution in [0.5, 0.6) is 0 Å². The van der Waals surface area contributed by atoms with Crippen LogP contribution in [0.1, 0.15) is 142 Å². The van der Waals surface area contributed by atoms with Crippen molar-refractivity contribution in [2.24, 2.45) is 0 Å². The molecule has 0 aliphatic heterocycles. The fraction of sp³-hybridized carbons (Fsp3) is 0.944. The van der Waals surface area contributed by atoms with Crippen molar-refractivity contribution >= 4 is 60.8 Å². The third-order valence-electron chi connectivity index (χ3n) is 10.8. The van der Waals surface area contributed by atoms with Crippen molar-refractivity contribution in [3.05, 3.63) is 0 Å². The number of carboxylic acid groups (broad SMARTS) is 2. The molecule has 28 nitrogen and oxygen atoms in total. The monoisotopic (exact) mass is 1090 g/mol.